The van der Waals surface area contributed by atoms with Crippen LogP contribution in [0.15, 0.2) is 54.6 Å². The molecular formula is C26H34N4O2. The molecule has 1 heterocycles. The molecule has 6 nitrogen and oxygen atoms in total. The van der Waals surface area contributed by atoms with Crippen LogP contribution in [0.3, 0.4) is 0 Å². The summed E-state index contributed by atoms with van der Waals surface area (Å²) in [4.78, 5) is 2.33. The summed E-state index contributed by atoms with van der Waals surface area (Å²) in [6.45, 7) is 3.08. The molecule has 0 aromatic heterocycles. The minimum Gasteiger partial charge on any atom is -0.426 e. The second-order valence-electron chi connectivity index (χ2n) is 8.97. The Morgan fingerprint density at radius 3 is 2.31 bits per heavy atom. The fourth-order valence-electron chi connectivity index (χ4n) is 4.95. The van der Waals surface area contributed by atoms with Gasteiger partial charge in [0.2, 0.25) is 5.90 Å². The summed E-state index contributed by atoms with van der Waals surface area (Å²) in [5, 5.41) is 15.3. The topological polar surface area (TPSA) is 95.4 Å². The Morgan fingerprint density at radius 1 is 0.969 bits per heavy atom. The van der Waals surface area contributed by atoms with E-state index in [0.717, 1.165) is 31.5 Å². The number of benzene rings is 2. The molecule has 0 radical (unpaired) electrons. The van der Waals surface area contributed by atoms with E-state index in [1.54, 1.807) is 0 Å². The molecule has 170 valence electrons. The van der Waals surface area contributed by atoms with Gasteiger partial charge in [0.25, 0.3) is 0 Å². The van der Waals surface area contributed by atoms with E-state index in [2.05, 4.69) is 35.2 Å². The van der Waals surface area contributed by atoms with Gasteiger partial charge in [-0.05, 0) is 67.9 Å². The SMILES string of the molecule is CC(=N)OC(=N)c1ccc(N2CC[C@H](N)[C@@H]2COC2CCC(c3ccccc3)CC2)cc1. The molecule has 1 saturated heterocycles. The van der Waals surface area contributed by atoms with Crippen molar-refractivity contribution in [3.8, 4) is 0 Å². The highest BCUT2D eigenvalue weighted by Gasteiger charge is 2.33. The molecule has 0 bridgehead atoms. The average molecular weight is 435 g/mol. The lowest BCUT2D eigenvalue weighted by atomic mass is 9.83. The highest BCUT2D eigenvalue weighted by atomic mass is 16.5. The first-order valence-corrected chi connectivity index (χ1v) is 11.6. The Bertz CT molecular complexity index is 907. The molecule has 2 aliphatic rings. The van der Waals surface area contributed by atoms with Crippen LogP contribution >= 0.6 is 0 Å². The summed E-state index contributed by atoms with van der Waals surface area (Å²) in [7, 11) is 0. The van der Waals surface area contributed by atoms with E-state index in [9.17, 15) is 0 Å². The van der Waals surface area contributed by atoms with Crippen molar-refractivity contribution in [1.29, 1.82) is 10.8 Å². The molecule has 0 unspecified atom stereocenters. The van der Waals surface area contributed by atoms with Crippen molar-refractivity contribution >= 4 is 17.5 Å². The molecule has 32 heavy (non-hydrogen) atoms. The second kappa shape index (κ2) is 10.3. The first kappa shape index (κ1) is 22.5. The zero-order chi connectivity index (χ0) is 22.5. The van der Waals surface area contributed by atoms with Gasteiger partial charge in [0.15, 0.2) is 5.90 Å². The molecule has 4 N–H and O–H groups in total. The number of hydrogen-bond acceptors (Lipinski definition) is 6. The van der Waals surface area contributed by atoms with Crippen LogP contribution in [0, 0.1) is 10.8 Å². The minimum atomic E-state index is -0.00633. The molecule has 1 aliphatic carbocycles. The molecule has 4 rings (SSSR count). The van der Waals surface area contributed by atoms with Crippen LogP contribution in [-0.2, 0) is 9.47 Å². The van der Waals surface area contributed by atoms with Gasteiger partial charge >= 0.3 is 0 Å². The molecule has 6 heteroatoms. The smallest absolute Gasteiger partial charge is 0.220 e. The van der Waals surface area contributed by atoms with E-state index in [1.165, 1.54) is 25.3 Å². The van der Waals surface area contributed by atoms with Gasteiger partial charge in [-0.3, -0.25) is 10.8 Å². The Balaban J connectivity index is 1.31. The van der Waals surface area contributed by atoms with Crippen molar-refractivity contribution in [3.05, 3.63) is 65.7 Å². The van der Waals surface area contributed by atoms with E-state index in [0.29, 0.717) is 24.2 Å². The standard InChI is InChI=1S/C26H34N4O2/c1-18(27)32-26(29)21-7-11-22(12-8-21)30-16-15-24(28)25(30)17-31-23-13-9-20(10-14-23)19-5-3-2-4-6-19/h2-8,11-12,20,23-25,27,29H,9-10,13-17,28H2,1H3/t20?,23?,24-,25-/m0/s1. The predicted molar refractivity (Wildman–Crippen MR) is 129 cm³/mol. The van der Waals surface area contributed by atoms with E-state index in [-0.39, 0.29) is 23.9 Å². The van der Waals surface area contributed by atoms with Gasteiger partial charge in [-0.15, -0.1) is 0 Å². The van der Waals surface area contributed by atoms with Gasteiger partial charge in [0.05, 0.1) is 18.8 Å². The number of nitrogens with zero attached hydrogens (tertiary/aromatic N) is 1. The summed E-state index contributed by atoms with van der Waals surface area (Å²) in [5.74, 6) is 0.659. The van der Waals surface area contributed by atoms with Crippen molar-refractivity contribution < 1.29 is 9.47 Å². The number of nitrogens with one attached hydrogen (secondary N) is 2. The lowest BCUT2D eigenvalue weighted by molar-refractivity contribution is 0.0162. The molecule has 2 aromatic carbocycles. The zero-order valence-electron chi connectivity index (χ0n) is 18.8. The van der Waals surface area contributed by atoms with Crippen molar-refractivity contribution in [2.75, 3.05) is 18.1 Å². The summed E-state index contributed by atoms with van der Waals surface area (Å²) >= 11 is 0. The molecule has 0 spiro atoms. The Morgan fingerprint density at radius 2 is 1.66 bits per heavy atom. The van der Waals surface area contributed by atoms with E-state index >= 15 is 0 Å². The molecule has 1 saturated carbocycles. The van der Waals surface area contributed by atoms with E-state index in [4.69, 9.17) is 26.0 Å². The fourth-order valence-corrected chi connectivity index (χ4v) is 4.95. The number of nitrogens with two attached hydrogens (primary N) is 1. The van der Waals surface area contributed by atoms with Crippen molar-refractivity contribution in [2.45, 2.75) is 63.1 Å². The quantitative estimate of drug-likeness (QED) is 0.455. The first-order chi connectivity index (χ1) is 15.5. The molecule has 2 aromatic rings. The normalized spacial score (nSPS) is 25.5. The van der Waals surface area contributed by atoms with Crippen LogP contribution in [0.4, 0.5) is 5.69 Å². The zero-order valence-corrected chi connectivity index (χ0v) is 18.8. The van der Waals surface area contributed by atoms with Crippen LogP contribution in [0.1, 0.15) is 56.1 Å². The number of ether oxygens (including phenoxy) is 2. The average Bonchev–Trinajstić information content (AvgIpc) is 3.18. The number of anilines is 1. The van der Waals surface area contributed by atoms with Crippen LogP contribution in [0.5, 0.6) is 0 Å². The van der Waals surface area contributed by atoms with Crippen LogP contribution in [0.25, 0.3) is 0 Å². The monoisotopic (exact) mass is 434 g/mol. The Labute approximate surface area is 190 Å². The van der Waals surface area contributed by atoms with Crippen molar-refractivity contribution in [1.82, 2.24) is 0 Å². The largest absolute Gasteiger partial charge is 0.426 e. The lowest BCUT2D eigenvalue weighted by Gasteiger charge is -2.33. The van der Waals surface area contributed by atoms with Gasteiger partial charge in [0.1, 0.15) is 0 Å². The molecule has 2 fully saturated rings. The summed E-state index contributed by atoms with van der Waals surface area (Å²) in [6.07, 6.45) is 5.83. The summed E-state index contributed by atoms with van der Waals surface area (Å²) in [5.41, 5.74) is 9.65. The fraction of sp³-hybridized carbons (Fsp3) is 0.462. The molecule has 1 aliphatic heterocycles. The van der Waals surface area contributed by atoms with Crippen LogP contribution < -0.4 is 10.6 Å². The van der Waals surface area contributed by atoms with Gasteiger partial charge in [-0.2, -0.15) is 0 Å². The maximum absolute atomic E-state index is 7.94. The van der Waals surface area contributed by atoms with Crippen molar-refractivity contribution in [2.24, 2.45) is 5.73 Å². The Kier molecular flexibility index (Phi) is 7.22. The lowest BCUT2D eigenvalue weighted by Crippen LogP contribution is -2.44. The third-order valence-corrected chi connectivity index (χ3v) is 6.76. The maximum atomic E-state index is 7.94. The third-order valence-electron chi connectivity index (χ3n) is 6.76. The van der Waals surface area contributed by atoms with Crippen LogP contribution in [-0.4, -0.2) is 43.1 Å². The van der Waals surface area contributed by atoms with Crippen molar-refractivity contribution in [3.63, 3.8) is 0 Å². The highest BCUT2D eigenvalue weighted by molar-refractivity contribution is 5.98. The third kappa shape index (κ3) is 5.37. The summed E-state index contributed by atoms with van der Waals surface area (Å²) < 4.78 is 11.5. The van der Waals surface area contributed by atoms with E-state index in [1.807, 2.05) is 24.3 Å². The van der Waals surface area contributed by atoms with Gasteiger partial charge in [-0.25, -0.2) is 0 Å². The summed E-state index contributed by atoms with van der Waals surface area (Å²) in [6, 6.07) is 18.8. The maximum Gasteiger partial charge on any atom is 0.220 e. The number of hydrogen-bond donors (Lipinski definition) is 3. The predicted octanol–water partition coefficient (Wildman–Crippen LogP) is 4.67. The minimum absolute atomic E-state index is 0.00633. The Hall–Kier alpha value is -2.70. The van der Waals surface area contributed by atoms with Gasteiger partial charge in [-0.1, -0.05) is 30.3 Å². The molecular weight excluding hydrogens is 400 g/mol. The van der Waals surface area contributed by atoms with E-state index < -0.39 is 0 Å². The highest BCUT2D eigenvalue weighted by Crippen LogP contribution is 2.34. The van der Waals surface area contributed by atoms with Crippen LogP contribution in [0.2, 0.25) is 0 Å². The molecule has 2 atom stereocenters. The first-order valence-electron chi connectivity index (χ1n) is 11.6. The molecule has 0 amide bonds. The van der Waals surface area contributed by atoms with Gasteiger partial charge in [0, 0.05) is 30.8 Å². The number of rotatable bonds is 6. The second-order valence-corrected chi connectivity index (χ2v) is 8.97. The van der Waals surface area contributed by atoms with Gasteiger partial charge < -0.3 is 20.1 Å².